The zero-order valence-electron chi connectivity index (χ0n) is 17.7. The molecule has 2 aromatic heterocycles. The number of aromatic nitrogens is 2. The summed E-state index contributed by atoms with van der Waals surface area (Å²) in [5.74, 6) is -0.328. The molecule has 1 aliphatic heterocycles. The minimum atomic E-state index is -0.348. The van der Waals surface area contributed by atoms with Gasteiger partial charge in [-0.15, -0.1) is 0 Å². The van der Waals surface area contributed by atoms with Gasteiger partial charge in [0.05, 0.1) is 12.5 Å². The Kier molecular flexibility index (Phi) is 6.62. The van der Waals surface area contributed by atoms with Crippen molar-refractivity contribution in [3.05, 3.63) is 66.1 Å². The zero-order valence-corrected chi connectivity index (χ0v) is 17.7. The van der Waals surface area contributed by atoms with Crippen molar-refractivity contribution in [1.29, 1.82) is 0 Å². The van der Waals surface area contributed by atoms with Crippen molar-refractivity contribution in [3.8, 4) is 0 Å². The molecular formula is C24H29N5O2. The van der Waals surface area contributed by atoms with Gasteiger partial charge in [-0.25, -0.2) is 0 Å². The first-order chi connectivity index (χ1) is 15.1. The second-order valence-electron chi connectivity index (χ2n) is 8.27. The van der Waals surface area contributed by atoms with Crippen LogP contribution in [0.3, 0.4) is 0 Å². The monoisotopic (exact) mass is 419 g/mol. The molecule has 1 unspecified atom stereocenters. The molecule has 0 bridgehead atoms. The maximum atomic E-state index is 13.5. The van der Waals surface area contributed by atoms with E-state index in [9.17, 15) is 9.59 Å². The summed E-state index contributed by atoms with van der Waals surface area (Å²) < 4.78 is 0. The number of hydrogen-bond acceptors (Lipinski definition) is 4. The van der Waals surface area contributed by atoms with Crippen LogP contribution in [0, 0.1) is 5.92 Å². The number of nitrogens with zero attached hydrogens (tertiary/aromatic N) is 3. The van der Waals surface area contributed by atoms with E-state index in [0.29, 0.717) is 19.6 Å². The maximum Gasteiger partial charge on any atom is 0.231 e. The molecule has 2 amide bonds. The van der Waals surface area contributed by atoms with E-state index in [0.717, 1.165) is 36.9 Å². The van der Waals surface area contributed by atoms with Crippen molar-refractivity contribution < 1.29 is 9.59 Å². The molecule has 31 heavy (non-hydrogen) atoms. The number of fused-ring (bicyclic) bond motifs is 1. The predicted molar refractivity (Wildman–Crippen MR) is 120 cm³/mol. The number of carbonyl (C=O) groups is 2. The molecule has 0 aliphatic carbocycles. The molecule has 3 aromatic rings. The highest BCUT2D eigenvalue weighted by Crippen LogP contribution is 2.22. The Labute approximate surface area is 182 Å². The number of para-hydroxylation sites is 1. The third-order valence-electron chi connectivity index (χ3n) is 5.97. The number of primary amides is 1. The lowest BCUT2D eigenvalue weighted by atomic mass is 9.96. The number of nitrogens with one attached hydrogen (secondary N) is 1. The summed E-state index contributed by atoms with van der Waals surface area (Å²) in [7, 11) is 0. The van der Waals surface area contributed by atoms with E-state index in [1.807, 2.05) is 46.5 Å². The highest BCUT2D eigenvalue weighted by atomic mass is 16.2. The van der Waals surface area contributed by atoms with Crippen molar-refractivity contribution in [3.63, 3.8) is 0 Å². The van der Waals surface area contributed by atoms with E-state index in [2.05, 4.69) is 22.1 Å². The first-order valence-corrected chi connectivity index (χ1v) is 10.8. The number of benzene rings is 1. The largest absolute Gasteiger partial charge is 0.369 e. The van der Waals surface area contributed by atoms with Gasteiger partial charge in [-0.2, -0.15) is 0 Å². The van der Waals surface area contributed by atoms with E-state index < -0.39 is 0 Å². The number of nitrogens with two attached hydrogens (primary N) is 1. The third-order valence-corrected chi connectivity index (χ3v) is 5.97. The second-order valence-corrected chi connectivity index (χ2v) is 8.27. The number of carbonyl (C=O) groups excluding carboxylic acids is 2. The molecule has 0 radical (unpaired) electrons. The Balaban J connectivity index is 1.49. The van der Waals surface area contributed by atoms with Gasteiger partial charge in [0.25, 0.3) is 0 Å². The van der Waals surface area contributed by atoms with Gasteiger partial charge in [0.1, 0.15) is 0 Å². The molecule has 7 nitrogen and oxygen atoms in total. The fourth-order valence-electron chi connectivity index (χ4n) is 4.45. The molecule has 0 spiro atoms. The summed E-state index contributed by atoms with van der Waals surface area (Å²) in [4.78, 5) is 36.3. The molecule has 1 aromatic carbocycles. The van der Waals surface area contributed by atoms with E-state index >= 15 is 0 Å². The van der Waals surface area contributed by atoms with Crippen LogP contribution >= 0.6 is 0 Å². The van der Waals surface area contributed by atoms with Crippen molar-refractivity contribution in [2.45, 2.75) is 25.8 Å². The summed E-state index contributed by atoms with van der Waals surface area (Å²) in [5, 5.41) is 1.20. The predicted octanol–water partition coefficient (Wildman–Crippen LogP) is 2.33. The van der Waals surface area contributed by atoms with Crippen molar-refractivity contribution >= 4 is 22.7 Å². The van der Waals surface area contributed by atoms with Crippen LogP contribution < -0.4 is 5.73 Å². The Morgan fingerprint density at radius 1 is 1.23 bits per heavy atom. The number of rotatable bonds is 8. The molecule has 3 N–H and O–H groups in total. The average Bonchev–Trinajstić information content (AvgIpc) is 3.20. The maximum absolute atomic E-state index is 13.5. The zero-order chi connectivity index (χ0) is 21.6. The lowest BCUT2D eigenvalue weighted by Crippen LogP contribution is -2.47. The third kappa shape index (κ3) is 5.30. The summed E-state index contributed by atoms with van der Waals surface area (Å²) in [6.45, 7) is 2.76. The SMILES string of the molecule is NC(=O)CN1CCCC(C(=O)N(CCc2c[nH]c3ccccc23)Cc2cccnc2)C1. The molecule has 162 valence electrons. The number of aromatic amines is 1. The van der Waals surface area contributed by atoms with Crippen LogP contribution in [0.15, 0.2) is 55.0 Å². The highest BCUT2D eigenvalue weighted by Gasteiger charge is 2.30. The number of hydrogen-bond donors (Lipinski definition) is 2. The molecule has 3 heterocycles. The Morgan fingerprint density at radius 2 is 2.10 bits per heavy atom. The van der Waals surface area contributed by atoms with Gasteiger partial charge in [-0.05, 0) is 49.1 Å². The lowest BCUT2D eigenvalue weighted by Gasteiger charge is -2.34. The van der Waals surface area contributed by atoms with Crippen LogP contribution in [0.4, 0.5) is 0 Å². The molecule has 4 rings (SSSR count). The highest BCUT2D eigenvalue weighted by molar-refractivity contribution is 5.83. The van der Waals surface area contributed by atoms with Crippen LogP contribution in [0.2, 0.25) is 0 Å². The minimum absolute atomic E-state index is 0.118. The standard InChI is InChI=1S/C24H29N5O2/c25-23(30)17-28-11-4-6-20(16-28)24(31)29(15-18-5-3-10-26-13-18)12-9-19-14-27-22-8-2-1-7-21(19)22/h1-3,5,7-8,10,13-14,20,27H,4,6,9,11-12,15-17H2,(H2,25,30). The molecule has 1 atom stereocenters. The average molecular weight is 420 g/mol. The Morgan fingerprint density at radius 3 is 2.90 bits per heavy atom. The van der Waals surface area contributed by atoms with E-state index in [-0.39, 0.29) is 24.3 Å². The molecule has 1 fully saturated rings. The van der Waals surface area contributed by atoms with Crippen molar-refractivity contribution in [2.75, 3.05) is 26.2 Å². The van der Waals surface area contributed by atoms with Crippen LogP contribution in [-0.4, -0.2) is 57.8 Å². The van der Waals surface area contributed by atoms with Gasteiger partial charge < -0.3 is 15.6 Å². The van der Waals surface area contributed by atoms with Crippen LogP contribution in [-0.2, 0) is 22.6 Å². The van der Waals surface area contributed by atoms with Gasteiger partial charge in [-0.1, -0.05) is 24.3 Å². The van der Waals surface area contributed by atoms with Crippen LogP contribution in [0.1, 0.15) is 24.0 Å². The second kappa shape index (κ2) is 9.75. The fraction of sp³-hybridized carbons (Fsp3) is 0.375. The summed E-state index contributed by atoms with van der Waals surface area (Å²) in [6.07, 6.45) is 8.09. The normalized spacial score (nSPS) is 17.0. The first-order valence-electron chi connectivity index (χ1n) is 10.8. The first kappa shape index (κ1) is 21.1. The molecular weight excluding hydrogens is 390 g/mol. The van der Waals surface area contributed by atoms with Crippen molar-refractivity contribution in [2.24, 2.45) is 11.7 Å². The van der Waals surface area contributed by atoms with Crippen LogP contribution in [0.25, 0.3) is 10.9 Å². The Bertz CT molecular complexity index is 1030. The van der Waals surface area contributed by atoms with Gasteiger partial charge in [0.2, 0.25) is 11.8 Å². The number of H-pyrrole nitrogens is 1. The van der Waals surface area contributed by atoms with Crippen LogP contribution in [0.5, 0.6) is 0 Å². The molecule has 7 heteroatoms. The van der Waals surface area contributed by atoms with E-state index in [1.54, 1.807) is 6.20 Å². The van der Waals surface area contributed by atoms with Crippen molar-refractivity contribution in [1.82, 2.24) is 19.8 Å². The van der Waals surface area contributed by atoms with Gasteiger partial charge in [0, 0.05) is 49.1 Å². The quantitative estimate of drug-likeness (QED) is 0.586. The molecule has 1 aliphatic rings. The lowest BCUT2D eigenvalue weighted by molar-refractivity contribution is -0.138. The minimum Gasteiger partial charge on any atom is -0.369 e. The van der Waals surface area contributed by atoms with Gasteiger partial charge >= 0.3 is 0 Å². The van der Waals surface area contributed by atoms with Gasteiger partial charge in [0.15, 0.2) is 0 Å². The molecule has 0 saturated carbocycles. The van der Waals surface area contributed by atoms with E-state index in [4.69, 9.17) is 5.73 Å². The fourth-order valence-corrected chi connectivity index (χ4v) is 4.45. The van der Waals surface area contributed by atoms with E-state index in [1.165, 1.54) is 10.9 Å². The Hall–Kier alpha value is -3.19. The number of piperidine rings is 1. The number of likely N-dealkylation sites (tertiary alicyclic amines) is 1. The summed E-state index contributed by atoms with van der Waals surface area (Å²) in [6, 6.07) is 12.1. The summed E-state index contributed by atoms with van der Waals surface area (Å²) >= 11 is 0. The van der Waals surface area contributed by atoms with Gasteiger partial charge in [-0.3, -0.25) is 19.5 Å². The number of amides is 2. The molecule has 1 saturated heterocycles. The smallest absolute Gasteiger partial charge is 0.231 e. The topological polar surface area (TPSA) is 95.3 Å². The summed E-state index contributed by atoms with van der Waals surface area (Å²) in [5.41, 5.74) is 8.70. The number of pyridine rings is 1.